The molecule has 2 aromatic rings. The second kappa shape index (κ2) is 9.78. The van der Waals surface area contributed by atoms with Crippen molar-refractivity contribution in [1.29, 1.82) is 0 Å². The van der Waals surface area contributed by atoms with Crippen molar-refractivity contribution in [3.8, 4) is 0 Å². The monoisotopic (exact) mass is 404 g/mol. The lowest BCUT2D eigenvalue weighted by Crippen LogP contribution is -2.32. The fourth-order valence-corrected chi connectivity index (χ4v) is 4.62. The highest BCUT2D eigenvalue weighted by Crippen LogP contribution is 2.33. The van der Waals surface area contributed by atoms with E-state index in [1.807, 2.05) is 24.0 Å². The zero-order valence-corrected chi connectivity index (χ0v) is 17.7. The Bertz CT molecular complexity index is 749. The molecule has 1 aromatic carbocycles. The average molecular weight is 405 g/mol. The molecule has 146 valence electrons. The summed E-state index contributed by atoms with van der Waals surface area (Å²) in [7, 11) is 0. The average Bonchev–Trinajstić information content (AvgIpc) is 2.88. The summed E-state index contributed by atoms with van der Waals surface area (Å²) >= 11 is 8.47. The molecule has 0 saturated heterocycles. The summed E-state index contributed by atoms with van der Waals surface area (Å²) in [5, 5.41) is 5.90. The zero-order chi connectivity index (χ0) is 19.2. The molecule has 1 aliphatic heterocycles. The molecule has 0 bridgehead atoms. The highest BCUT2D eigenvalue weighted by atomic mass is 35.5. The van der Waals surface area contributed by atoms with Crippen LogP contribution in [0.25, 0.3) is 0 Å². The highest BCUT2D eigenvalue weighted by Gasteiger charge is 2.18. The smallest absolute Gasteiger partial charge is 0.0765 e. The minimum absolute atomic E-state index is 0.545. The van der Waals surface area contributed by atoms with E-state index in [0.717, 1.165) is 43.1 Å². The molecule has 0 unspecified atom stereocenters. The molecule has 0 spiro atoms. The van der Waals surface area contributed by atoms with E-state index < -0.39 is 0 Å². The fraction of sp³-hybridized carbons (Fsp3) is 0.476. The van der Waals surface area contributed by atoms with Crippen molar-refractivity contribution in [3.05, 3.63) is 57.9 Å². The molecule has 0 fully saturated rings. The van der Waals surface area contributed by atoms with Crippen LogP contribution in [0, 0.1) is 5.92 Å². The van der Waals surface area contributed by atoms with Gasteiger partial charge >= 0.3 is 0 Å². The van der Waals surface area contributed by atoms with Gasteiger partial charge in [0.05, 0.1) is 22.9 Å². The molecule has 3 rings (SSSR count). The maximum Gasteiger partial charge on any atom is 0.0765 e. The summed E-state index contributed by atoms with van der Waals surface area (Å²) in [6.45, 7) is 6.99. The van der Waals surface area contributed by atoms with Gasteiger partial charge in [0.1, 0.15) is 0 Å². The Hall–Kier alpha value is -1.27. The van der Waals surface area contributed by atoms with Crippen molar-refractivity contribution >= 4 is 29.1 Å². The molecule has 0 saturated carbocycles. The molecule has 1 aromatic heterocycles. The molecule has 4 nitrogen and oxygen atoms in total. The summed E-state index contributed by atoms with van der Waals surface area (Å²) in [6.07, 6.45) is 3.92. The summed E-state index contributed by atoms with van der Waals surface area (Å²) in [6, 6.07) is 8.32. The molecule has 0 aliphatic carbocycles. The number of thioether (sulfide) groups is 1. The fourth-order valence-electron chi connectivity index (χ4n) is 3.33. The Morgan fingerprint density at radius 2 is 2.04 bits per heavy atom. The van der Waals surface area contributed by atoms with Gasteiger partial charge in [0.2, 0.25) is 0 Å². The Balaban J connectivity index is 1.69. The van der Waals surface area contributed by atoms with Crippen LogP contribution in [0.2, 0.25) is 5.02 Å². The predicted octanol–water partition coefficient (Wildman–Crippen LogP) is 4.19. The molecule has 2 heterocycles. The SMILES string of the molecule is CC(C)CSCc1ccc(CN(N)c2c(Cl)ccc3c2CCNCC3)nc1. The molecule has 3 N–H and O–H groups in total. The highest BCUT2D eigenvalue weighted by molar-refractivity contribution is 7.98. The summed E-state index contributed by atoms with van der Waals surface area (Å²) in [4.78, 5) is 4.61. The number of rotatable bonds is 7. The first kappa shape index (κ1) is 20.5. The van der Waals surface area contributed by atoms with Crippen LogP contribution in [0.3, 0.4) is 0 Å². The van der Waals surface area contributed by atoms with Crippen molar-refractivity contribution < 1.29 is 0 Å². The van der Waals surface area contributed by atoms with Crippen molar-refractivity contribution in [3.63, 3.8) is 0 Å². The number of halogens is 1. The first-order chi connectivity index (χ1) is 13.0. The first-order valence-electron chi connectivity index (χ1n) is 9.59. The first-order valence-corrected chi connectivity index (χ1v) is 11.1. The van der Waals surface area contributed by atoms with Crippen molar-refractivity contribution in [2.75, 3.05) is 23.9 Å². The van der Waals surface area contributed by atoms with Crippen LogP contribution in [0.1, 0.15) is 36.2 Å². The third kappa shape index (κ3) is 5.61. The van der Waals surface area contributed by atoms with Gasteiger partial charge in [-0.1, -0.05) is 37.6 Å². The molecule has 6 heteroatoms. The molecule has 1 aliphatic rings. The Morgan fingerprint density at radius 3 is 2.78 bits per heavy atom. The Labute approximate surface area is 171 Å². The zero-order valence-electron chi connectivity index (χ0n) is 16.2. The number of aromatic nitrogens is 1. The van der Waals surface area contributed by atoms with Crippen molar-refractivity contribution in [2.45, 2.75) is 39.0 Å². The quantitative estimate of drug-likeness (QED) is 0.535. The number of pyridine rings is 1. The van der Waals surface area contributed by atoms with Gasteiger partial charge in [-0.15, -0.1) is 0 Å². The third-order valence-electron chi connectivity index (χ3n) is 4.68. The number of hydrazine groups is 1. The van der Waals surface area contributed by atoms with E-state index in [1.165, 1.54) is 22.4 Å². The van der Waals surface area contributed by atoms with Crippen LogP contribution in [0.5, 0.6) is 0 Å². The standard InChI is InChI=1S/C21H29ClN4S/c1-15(2)13-27-14-16-3-5-18(25-11-16)12-26(23)21-19-8-10-24-9-7-17(19)4-6-20(21)22/h3-6,11,15,24H,7-10,12-14,23H2,1-2H3. The van der Waals surface area contributed by atoms with Crippen molar-refractivity contribution in [1.82, 2.24) is 10.3 Å². The second-order valence-electron chi connectivity index (χ2n) is 7.48. The predicted molar refractivity (Wildman–Crippen MR) is 117 cm³/mol. The van der Waals surface area contributed by atoms with Gasteiger partial charge in [0.15, 0.2) is 0 Å². The summed E-state index contributed by atoms with van der Waals surface area (Å²) in [5.41, 5.74) is 5.74. The van der Waals surface area contributed by atoms with Gasteiger partial charge in [-0.3, -0.25) is 4.98 Å². The van der Waals surface area contributed by atoms with Crippen LogP contribution in [0.4, 0.5) is 5.69 Å². The number of hydrogen-bond donors (Lipinski definition) is 2. The lowest BCUT2D eigenvalue weighted by Gasteiger charge is -2.24. The van der Waals surface area contributed by atoms with Crippen LogP contribution in [0.15, 0.2) is 30.5 Å². The third-order valence-corrected chi connectivity index (χ3v) is 6.42. The van der Waals surface area contributed by atoms with Crippen LogP contribution >= 0.6 is 23.4 Å². The number of nitrogens with one attached hydrogen (secondary N) is 1. The summed E-state index contributed by atoms with van der Waals surface area (Å²) < 4.78 is 0. The van der Waals surface area contributed by atoms with E-state index in [2.05, 4.69) is 42.3 Å². The van der Waals surface area contributed by atoms with E-state index in [-0.39, 0.29) is 0 Å². The van der Waals surface area contributed by atoms with Crippen LogP contribution < -0.4 is 16.2 Å². The van der Waals surface area contributed by atoms with Gasteiger partial charge in [-0.25, -0.2) is 5.84 Å². The number of anilines is 1. The maximum atomic E-state index is 6.52. The Morgan fingerprint density at radius 1 is 1.22 bits per heavy atom. The Kier molecular flexibility index (Phi) is 7.41. The lowest BCUT2D eigenvalue weighted by molar-refractivity contribution is 0.710. The van der Waals surface area contributed by atoms with Gasteiger partial charge in [-0.2, -0.15) is 11.8 Å². The van der Waals surface area contributed by atoms with Gasteiger partial charge < -0.3 is 10.3 Å². The summed E-state index contributed by atoms with van der Waals surface area (Å²) in [5.74, 6) is 9.33. The van der Waals surface area contributed by atoms with Crippen LogP contribution in [-0.2, 0) is 25.1 Å². The van der Waals surface area contributed by atoms with Gasteiger partial charge in [0.25, 0.3) is 0 Å². The van der Waals surface area contributed by atoms with E-state index in [0.29, 0.717) is 17.5 Å². The molecule has 27 heavy (non-hydrogen) atoms. The lowest BCUT2D eigenvalue weighted by atomic mass is 10.0. The molecule has 0 atom stereocenters. The topological polar surface area (TPSA) is 54.2 Å². The van der Waals surface area contributed by atoms with Gasteiger partial charge in [0, 0.05) is 11.9 Å². The number of nitrogens with two attached hydrogens (primary N) is 1. The number of nitrogens with zero attached hydrogens (tertiary/aromatic N) is 2. The number of fused-ring (bicyclic) bond motifs is 1. The van der Waals surface area contributed by atoms with Crippen molar-refractivity contribution in [2.24, 2.45) is 11.8 Å². The van der Waals surface area contributed by atoms with Crippen LogP contribution in [-0.4, -0.2) is 23.8 Å². The molecule has 0 amide bonds. The molecular weight excluding hydrogens is 376 g/mol. The minimum Gasteiger partial charge on any atom is -0.316 e. The van der Waals surface area contributed by atoms with E-state index in [9.17, 15) is 0 Å². The molecular formula is C21H29ClN4S. The normalized spacial score (nSPS) is 14.1. The largest absolute Gasteiger partial charge is 0.316 e. The second-order valence-corrected chi connectivity index (χ2v) is 8.92. The van der Waals surface area contributed by atoms with Gasteiger partial charge in [-0.05, 0) is 66.4 Å². The number of hydrogen-bond acceptors (Lipinski definition) is 5. The van der Waals surface area contributed by atoms with E-state index in [1.54, 1.807) is 5.01 Å². The maximum absolute atomic E-state index is 6.52. The van der Waals surface area contributed by atoms with E-state index >= 15 is 0 Å². The minimum atomic E-state index is 0.545. The van der Waals surface area contributed by atoms with E-state index in [4.69, 9.17) is 17.4 Å². The number of benzene rings is 1. The molecule has 0 radical (unpaired) electrons.